The summed E-state index contributed by atoms with van der Waals surface area (Å²) < 4.78 is 15.2. The number of carbonyl (C=O) groups is 1. The van der Waals surface area contributed by atoms with Crippen LogP contribution >= 0.6 is 0 Å². The molecule has 2 aliphatic heterocycles. The van der Waals surface area contributed by atoms with Crippen LogP contribution in [0.3, 0.4) is 0 Å². The lowest BCUT2D eigenvalue weighted by molar-refractivity contribution is 0.0950. The number of para-hydroxylation sites is 1. The molecule has 0 saturated carbocycles. The number of hydrogen-bond donors (Lipinski definition) is 0. The Labute approximate surface area is 191 Å². The van der Waals surface area contributed by atoms with Crippen molar-refractivity contribution in [1.82, 2.24) is 0 Å². The molecule has 0 amide bonds. The van der Waals surface area contributed by atoms with E-state index in [0.29, 0.717) is 5.56 Å². The van der Waals surface area contributed by atoms with Crippen LogP contribution in [0.25, 0.3) is 6.08 Å². The third kappa shape index (κ3) is 2.97. The molecule has 2 aliphatic rings. The summed E-state index contributed by atoms with van der Waals surface area (Å²) in [6.07, 6.45) is 3.67. The molecule has 0 spiro atoms. The van der Waals surface area contributed by atoms with E-state index in [9.17, 15) is 15.3 Å². The van der Waals surface area contributed by atoms with Crippen LogP contribution in [-0.4, -0.2) is 17.9 Å². The molecule has 0 bridgehead atoms. The van der Waals surface area contributed by atoms with Crippen LogP contribution in [0.15, 0.2) is 78.9 Å². The van der Waals surface area contributed by atoms with E-state index in [1.165, 1.54) is 6.07 Å². The Morgan fingerprint density at radius 3 is 2.33 bits per heavy atom. The van der Waals surface area contributed by atoms with Crippen LogP contribution in [-0.2, 0) is 0 Å². The van der Waals surface area contributed by atoms with Gasteiger partial charge in [0.1, 0.15) is 11.9 Å². The fourth-order valence-electron chi connectivity index (χ4n) is 5.19. The zero-order valence-corrected chi connectivity index (χ0v) is 17.9. The molecule has 2 heterocycles. The molecule has 3 aromatic rings. The van der Waals surface area contributed by atoms with Gasteiger partial charge < -0.3 is 4.90 Å². The fourth-order valence-corrected chi connectivity index (χ4v) is 5.19. The molecular formula is C28H20FN3O. The lowest BCUT2D eigenvalue weighted by Gasteiger charge is -2.35. The van der Waals surface area contributed by atoms with Gasteiger partial charge in [-0.2, -0.15) is 10.5 Å². The summed E-state index contributed by atoms with van der Waals surface area (Å²) in [6.45, 7) is 1.93. The van der Waals surface area contributed by atoms with E-state index in [0.717, 1.165) is 16.8 Å². The Hall–Kier alpha value is -4.22. The third-order valence-electron chi connectivity index (χ3n) is 6.76. The molecule has 3 atom stereocenters. The molecule has 33 heavy (non-hydrogen) atoms. The molecule has 5 rings (SSSR count). The van der Waals surface area contributed by atoms with Crippen molar-refractivity contribution in [3.8, 4) is 12.1 Å². The molecule has 0 aromatic heterocycles. The van der Waals surface area contributed by atoms with Gasteiger partial charge in [-0.25, -0.2) is 4.39 Å². The summed E-state index contributed by atoms with van der Waals surface area (Å²) in [4.78, 5) is 15.9. The number of nitriles is 2. The number of fused-ring (bicyclic) bond motifs is 3. The van der Waals surface area contributed by atoms with Gasteiger partial charge in [-0.05, 0) is 30.2 Å². The van der Waals surface area contributed by atoms with Gasteiger partial charge in [0.2, 0.25) is 0 Å². The number of carbonyl (C=O) groups excluding carboxylic acids is 1. The van der Waals surface area contributed by atoms with Gasteiger partial charge in [0.05, 0.1) is 18.2 Å². The van der Waals surface area contributed by atoms with Crippen molar-refractivity contribution >= 4 is 17.5 Å². The van der Waals surface area contributed by atoms with Crippen molar-refractivity contribution < 1.29 is 9.18 Å². The van der Waals surface area contributed by atoms with Crippen LogP contribution in [0.2, 0.25) is 0 Å². The van der Waals surface area contributed by atoms with Gasteiger partial charge in [0.15, 0.2) is 11.2 Å². The number of anilines is 1. The second kappa shape index (κ2) is 7.73. The number of ketones is 1. The number of hydrogen-bond acceptors (Lipinski definition) is 4. The SMILES string of the molecule is Cc1ccc(C(=O)[C@@H]2[C@@H](c3ccccc3F)C(C#N)(C#N)[C@H]3C=Cc4ccccc4N23)cc1. The largest absolute Gasteiger partial charge is 0.351 e. The highest BCUT2D eigenvalue weighted by Crippen LogP contribution is 2.55. The number of rotatable bonds is 3. The fraction of sp³-hybridized carbons (Fsp3) is 0.179. The molecule has 3 aromatic carbocycles. The highest BCUT2D eigenvalue weighted by atomic mass is 19.1. The van der Waals surface area contributed by atoms with Crippen LogP contribution in [0.4, 0.5) is 10.1 Å². The van der Waals surface area contributed by atoms with E-state index in [-0.39, 0.29) is 11.3 Å². The van der Waals surface area contributed by atoms with E-state index in [1.54, 1.807) is 36.4 Å². The van der Waals surface area contributed by atoms with Gasteiger partial charge in [-0.15, -0.1) is 0 Å². The predicted molar refractivity (Wildman–Crippen MR) is 124 cm³/mol. The average molecular weight is 433 g/mol. The number of benzene rings is 3. The second-order valence-electron chi connectivity index (χ2n) is 8.54. The molecule has 0 N–H and O–H groups in total. The summed E-state index contributed by atoms with van der Waals surface area (Å²) >= 11 is 0. The van der Waals surface area contributed by atoms with Crippen molar-refractivity contribution in [3.63, 3.8) is 0 Å². The minimum atomic E-state index is -1.66. The monoisotopic (exact) mass is 433 g/mol. The maximum atomic E-state index is 15.2. The molecule has 0 radical (unpaired) electrons. The lowest BCUT2D eigenvalue weighted by atomic mass is 9.69. The summed E-state index contributed by atoms with van der Waals surface area (Å²) in [5, 5.41) is 20.7. The van der Waals surface area contributed by atoms with Gasteiger partial charge >= 0.3 is 0 Å². The molecular weight excluding hydrogens is 413 g/mol. The topological polar surface area (TPSA) is 67.9 Å². The summed E-state index contributed by atoms with van der Waals surface area (Å²) in [6, 6.07) is 23.7. The quantitative estimate of drug-likeness (QED) is 0.518. The molecule has 1 fully saturated rings. The van der Waals surface area contributed by atoms with E-state index in [1.807, 2.05) is 54.3 Å². The van der Waals surface area contributed by atoms with Gasteiger partial charge in [-0.3, -0.25) is 4.79 Å². The standard InChI is InChI=1S/C28H20FN3O/c1-18-10-12-20(13-11-18)27(33)26-25(21-7-3-4-8-22(21)29)28(16-30,17-31)24-15-14-19-6-2-5-9-23(19)32(24)26/h2-15,24-26H,1H3/t24-,25-,26+/m1/s1. The summed E-state index contributed by atoms with van der Waals surface area (Å²) in [5.74, 6) is -1.76. The Balaban J connectivity index is 1.80. The van der Waals surface area contributed by atoms with E-state index in [2.05, 4.69) is 12.1 Å². The van der Waals surface area contributed by atoms with Gasteiger partial charge in [0, 0.05) is 17.2 Å². The number of Topliss-reactive ketones (excluding diaryl/α,β-unsaturated/α-hetero) is 1. The first-order valence-electron chi connectivity index (χ1n) is 10.7. The van der Waals surface area contributed by atoms with Crippen LogP contribution in [0.1, 0.15) is 33.0 Å². The Bertz CT molecular complexity index is 1350. The van der Waals surface area contributed by atoms with Crippen molar-refractivity contribution in [1.29, 1.82) is 10.5 Å². The highest BCUT2D eigenvalue weighted by Gasteiger charge is 2.63. The summed E-state index contributed by atoms with van der Waals surface area (Å²) in [5.41, 5.74) is 1.66. The lowest BCUT2D eigenvalue weighted by Crippen LogP contribution is -2.44. The molecule has 5 heteroatoms. The third-order valence-corrected chi connectivity index (χ3v) is 6.76. The zero-order chi connectivity index (χ0) is 23.2. The average Bonchev–Trinajstić information content (AvgIpc) is 3.15. The van der Waals surface area contributed by atoms with E-state index in [4.69, 9.17) is 0 Å². The molecule has 4 nitrogen and oxygen atoms in total. The van der Waals surface area contributed by atoms with Crippen LogP contribution in [0.5, 0.6) is 0 Å². The highest BCUT2D eigenvalue weighted by molar-refractivity contribution is 6.04. The minimum Gasteiger partial charge on any atom is -0.351 e. The number of aryl methyl sites for hydroxylation is 1. The Kier molecular flexibility index (Phi) is 4.84. The zero-order valence-electron chi connectivity index (χ0n) is 17.9. The van der Waals surface area contributed by atoms with Crippen LogP contribution < -0.4 is 4.90 Å². The molecule has 160 valence electrons. The maximum absolute atomic E-state index is 15.2. The normalized spacial score (nSPS) is 22.1. The summed E-state index contributed by atoms with van der Waals surface area (Å²) in [7, 11) is 0. The number of halogens is 1. The van der Waals surface area contributed by atoms with Crippen molar-refractivity contribution in [3.05, 3.63) is 107 Å². The van der Waals surface area contributed by atoms with E-state index < -0.39 is 29.2 Å². The molecule has 0 aliphatic carbocycles. The second-order valence-corrected chi connectivity index (χ2v) is 8.54. The number of nitrogens with zero attached hydrogens (tertiary/aromatic N) is 3. The first-order chi connectivity index (χ1) is 16.0. The first kappa shape index (κ1) is 20.7. The molecule has 1 saturated heterocycles. The smallest absolute Gasteiger partial charge is 0.185 e. The van der Waals surface area contributed by atoms with Crippen molar-refractivity contribution in [2.75, 3.05) is 4.90 Å². The van der Waals surface area contributed by atoms with Gasteiger partial charge in [0.25, 0.3) is 0 Å². The maximum Gasteiger partial charge on any atom is 0.185 e. The van der Waals surface area contributed by atoms with Crippen molar-refractivity contribution in [2.45, 2.75) is 24.9 Å². The van der Waals surface area contributed by atoms with Gasteiger partial charge in [-0.1, -0.05) is 78.4 Å². The van der Waals surface area contributed by atoms with E-state index >= 15 is 4.39 Å². The van der Waals surface area contributed by atoms with Crippen LogP contribution in [0, 0.1) is 40.8 Å². The molecule has 0 unspecified atom stereocenters. The Morgan fingerprint density at radius 1 is 0.970 bits per heavy atom. The predicted octanol–water partition coefficient (Wildman–Crippen LogP) is 5.42. The Morgan fingerprint density at radius 2 is 1.64 bits per heavy atom. The van der Waals surface area contributed by atoms with Crippen molar-refractivity contribution in [2.24, 2.45) is 5.41 Å². The first-order valence-corrected chi connectivity index (χ1v) is 10.7. The minimum absolute atomic E-state index is 0.200.